The molecular weight excluding hydrogens is 314 g/mol. The summed E-state index contributed by atoms with van der Waals surface area (Å²) < 4.78 is 1.60. The first kappa shape index (κ1) is 19.1. The van der Waals surface area contributed by atoms with E-state index in [2.05, 4.69) is 22.6 Å². The van der Waals surface area contributed by atoms with Crippen molar-refractivity contribution >= 4 is 18.3 Å². The number of unbranched alkanes of at least 4 members (excludes halogenated alkanes) is 1. The fourth-order valence-corrected chi connectivity index (χ4v) is 2.15. The van der Waals surface area contributed by atoms with Gasteiger partial charge < -0.3 is 11.1 Å². The molecule has 1 amide bonds. The number of nitrogens with one attached hydrogen (secondary N) is 1. The maximum Gasteiger partial charge on any atom is 0.273 e. The summed E-state index contributed by atoms with van der Waals surface area (Å²) in [5.74, 6) is -0.232. The molecule has 0 bridgehead atoms. The summed E-state index contributed by atoms with van der Waals surface area (Å²) >= 11 is 0. The molecule has 7 heteroatoms. The highest BCUT2D eigenvalue weighted by molar-refractivity contribution is 5.92. The first-order chi connectivity index (χ1) is 10.6. The average molecular weight is 338 g/mol. The van der Waals surface area contributed by atoms with E-state index in [0.717, 1.165) is 24.9 Å². The number of aromatic nitrogens is 3. The van der Waals surface area contributed by atoms with Gasteiger partial charge in [-0.05, 0) is 25.5 Å². The third-order valence-corrected chi connectivity index (χ3v) is 3.55. The lowest BCUT2D eigenvalue weighted by molar-refractivity contribution is 0.0930. The van der Waals surface area contributed by atoms with Gasteiger partial charge in [0.05, 0.1) is 11.9 Å². The molecule has 2 aromatic rings. The molecule has 0 saturated heterocycles. The molecule has 1 aromatic carbocycles. The first-order valence-electron chi connectivity index (χ1n) is 7.64. The lowest BCUT2D eigenvalue weighted by atomic mass is 10.1. The highest BCUT2D eigenvalue weighted by Crippen LogP contribution is 2.09. The van der Waals surface area contributed by atoms with Crippen LogP contribution in [0.2, 0.25) is 0 Å². The molecule has 1 heterocycles. The normalized spacial score (nSPS) is 11.6. The minimum atomic E-state index is -0.232. The Labute approximate surface area is 142 Å². The Morgan fingerprint density at radius 2 is 2.04 bits per heavy atom. The van der Waals surface area contributed by atoms with E-state index in [1.807, 2.05) is 31.2 Å². The van der Waals surface area contributed by atoms with Crippen LogP contribution >= 0.6 is 12.4 Å². The number of hydrogen-bond donors (Lipinski definition) is 2. The Balaban J connectivity index is 0.00000264. The van der Waals surface area contributed by atoms with Crippen LogP contribution < -0.4 is 11.1 Å². The summed E-state index contributed by atoms with van der Waals surface area (Å²) in [4.78, 5) is 12.2. The fraction of sp³-hybridized carbons (Fsp3) is 0.438. The lowest BCUT2D eigenvalue weighted by Gasteiger charge is -2.15. The Morgan fingerprint density at radius 3 is 2.65 bits per heavy atom. The molecule has 2 rings (SSSR count). The van der Waals surface area contributed by atoms with Gasteiger partial charge in [-0.25, -0.2) is 4.68 Å². The fourth-order valence-electron chi connectivity index (χ4n) is 2.15. The standard InChI is InChI=1S/C16H23N5O.ClH/c1-3-4-5-13(10-17)18-16(22)15-11-21(20-19-15)14-8-6-12(2)7-9-14;/h6-9,11,13H,3-5,10,17H2,1-2H3,(H,18,22);1H. The smallest absolute Gasteiger partial charge is 0.273 e. The van der Waals surface area contributed by atoms with Crippen LogP contribution in [0.5, 0.6) is 0 Å². The van der Waals surface area contributed by atoms with Crippen LogP contribution in [-0.4, -0.2) is 33.5 Å². The number of carbonyl (C=O) groups is 1. The van der Waals surface area contributed by atoms with Crippen LogP contribution in [-0.2, 0) is 0 Å². The molecule has 0 aliphatic rings. The molecule has 0 radical (unpaired) electrons. The molecule has 3 N–H and O–H groups in total. The van der Waals surface area contributed by atoms with Crippen molar-refractivity contribution in [2.45, 2.75) is 39.2 Å². The van der Waals surface area contributed by atoms with E-state index in [4.69, 9.17) is 5.73 Å². The molecule has 126 valence electrons. The van der Waals surface area contributed by atoms with Crippen molar-refractivity contribution in [1.29, 1.82) is 0 Å². The van der Waals surface area contributed by atoms with E-state index in [-0.39, 0.29) is 24.4 Å². The lowest BCUT2D eigenvalue weighted by Crippen LogP contribution is -2.40. The zero-order valence-corrected chi connectivity index (χ0v) is 14.3. The number of halogens is 1. The van der Waals surface area contributed by atoms with Crippen LogP contribution in [0.15, 0.2) is 30.5 Å². The second-order valence-corrected chi connectivity index (χ2v) is 5.43. The van der Waals surface area contributed by atoms with Gasteiger partial charge >= 0.3 is 0 Å². The number of nitrogens with two attached hydrogens (primary N) is 1. The molecule has 1 unspecified atom stereocenters. The maximum atomic E-state index is 12.2. The molecule has 1 aromatic heterocycles. The number of benzene rings is 1. The summed E-state index contributed by atoms with van der Waals surface area (Å²) in [6.45, 7) is 4.56. The van der Waals surface area contributed by atoms with E-state index in [1.54, 1.807) is 10.9 Å². The molecule has 0 spiro atoms. The van der Waals surface area contributed by atoms with Gasteiger partial charge in [0, 0.05) is 12.6 Å². The Kier molecular flexibility index (Phi) is 7.71. The minimum Gasteiger partial charge on any atom is -0.347 e. The van der Waals surface area contributed by atoms with Gasteiger partial charge in [-0.1, -0.05) is 42.7 Å². The number of nitrogens with zero attached hydrogens (tertiary/aromatic N) is 3. The van der Waals surface area contributed by atoms with Crippen molar-refractivity contribution in [3.05, 3.63) is 41.7 Å². The van der Waals surface area contributed by atoms with Crippen molar-refractivity contribution in [3.8, 4) is 5.69 Å². The Hall–Kier alpha value is -1.92. The van der Waals surface area contributed by atoms with Crippen molar-refractivity contribution in [2.24, 2.45) is 5.73 Å². The van der Waals surface area contributed by atoms with E-state index in [0.29, 0.717) is 12.2 Å². The molecule has 6 nitrogen and oxygen atoms in total. The van der Waals surface area contributed by atoms with Crippen LogP contribution in [0.25, 0.3) is 5.69 Å². The third-order valence-electron chi connectivity index (χ3n) is 3.55. The van der Waals surface area contributed by atoms with Crippen molar-refractivity contribution < 1.29 is 4.79 Å². The summed E-state index contributed by atoms with van der Waals surface area (Å²) in [5, 5.41) is 10.9. The molecule has 0 fully saturated rings. The minimum absolute atomic E-state index is 0. The topological polar surface area (TPSA) is 85.8 Å². The van der Waals surface area contributed by atoms with Crippen molar-refractivity contribution in [1.82, 2.24) is 20.3 Å². The monoisotopic (exact) mass is 337 g/mol. The predicted octanol–water partition coefficient (Wildman–Crippen LogP) is 2.24. The second kappa shape index (κ2) is 9.27. The molecule has 0 aliphatic carbocycles. The summed E-state index contributed by atoms with van der Waals surface area (Å²) in [5.41, 5.74) is 8.04. The first-order valence-corrected chi connectivity index (χ1v) is 7.64. The van der Waals surface area contributed by atoms with Crippen LogP contribution in [0.4, 0.5) is 0 Å². The van der Waals surface area contributed by atoms with Crippen LogP contribution in [0.1, 0.15) is 42.2 Å². The van der Waals surface area contributed by atoms with Gasteiger partial charge in [0.1, 0.15) is 0 Å². The molecule has 1 atom stereocenters. The Bertz CT molecular complexity index is 611. The largest absolute Gasteiger partial charge is 0.347 e. The SMILES string of the molecule is CCCCC(CN)NC(=O)c1cn(-c2ccc(C)cc2)nn1.Cl. The van der Waals surface area contributed by atoms with E-state index >= 15 is 0 Å². The second-order valence-electron chi connectivity index (χ2n) is 5.43. The van der Waals surface area contributed by atoms with E-state index < -0.39 is 0 Å². The number of amides is 1. The maximum absolute atomic E-state index is 12.2. The molecular formula is C16H24ClN5O. The van der Waals surface area contributed by atoms with E-state index in [1.165, 1.54) is 5.56 Å². The molecule has 0 saturated carbocycles. The number of hydrogen-bond acceptors (Lipinski definition) is 4. The van der Waals surface area contributed by atoms with Crippen LogP contribution in [0.3, 0.4) is 0 Å². The van der Waals surface area contributed by atoms with Crippen molar-refractivity contribution in [2.75, 3.05) is 6.54 Å². The zero-order valence-electron chi connectivity index (χ0n) is 13.5. The highest BCUT2D eigenvalue weighted by Gasteiger charge is 2.15. The van der Waals surface area contributed by atoms with Crippen molar-refractivity contribution in [3.63, 3.8) is 0 Å². The van der Waals surface area contributed by atoms with Gasteiger partial charge in [-0.2, -0.15) is 0 Å². The van der Waals surface area contributed by atoms with Gasteiger partial charge in [0.2, 0.25) is 0 Å². The average Bonchev–Trinajstić information content (AvgIpc) is 3.02. The number of carbonyl (C=O) groups excluding carboxylic acids is 1. The summed E-state index contributed by atoms with van der Waals surface area (Å²) in [7, 11) is 0. The van der Waals surface area contributed by atoms with Gasteiger partial charge in [0.25, 0.3) is 5.91 Å². The van der Waals surface area contributed by atoms with Gasteiger partial charge in [-0.15, -0.1) is 17.5 Å². The summed E-state index contributed by atoms with van der Waals surface area (Å²) in [6.07, 6.45) is 4.63. The van der Waals surface area contributed by atoms with E-state index in [9.17, 15) is 4.79 Å². The molecule has 23 heavy (non-hydrogen) atoms. The number of rotatable bonds is 7. The quantitative estimate of drug-likeness (QED) is 0.811. The zero-order chi connectivity index (χ0) is 15.9. The van der Waals surface area contributed by atoms with Crippen LogP contribution in [0, 0.1) is 6.92 Å². The Morgan fingerprint density at radius 1 is 1.35 bits per heavy atom. The number of aryl methyl sites for hydroxylation is 1. The van der Waals surface area contributed by atoms with Gasteiger partial charge in [-0.3, -0.25) is 4.79 Å². The predicted molar refractivity (Wildman–Crippen MR) is 93.2 cm³/mol. The third kappa shape index (κ3) is 5.33. The highest BCUT2D eigenvalue weighted by atomic mass is 35.5. The summed E-state index contributed by atoms with van der Waals surface area (Å²) in [6, 6.07) is 7.85. The molecule has 0 aliphatic heterocycles. The van der Waals surface area contributed by atoms with Gasteiger partial charge in [0.15, 0.2) is 5.69 Å².